The van der Waals surface area contributed by atoms with E-state index in [1.807, 2.05) is 45.9 Å². The summed E-state index contributed by atoms with van der Waals surface area (Å²) in [6.45, 7) is 8.50. The van der Waals surface area contributed by atoms with Crippen molar-refractivity contribution in [3.63, 3.8) is 0 Å². The van der Waals surface area contributed by atoms with E-state index in [4.69, 9.17) is 14.6 Å². The van der Waals surface area contributed by atoms with E-state index < -0.39 is 0 Å². The molecular weight excluding hydrogens is 267 g/mol. The molecule has 0 saturated carbocycles. The van der Waals surface area contributed by atoms with E-state index in [0.29, 0.717) is 6.61 Å². The monoisotopic (exact) mass is 291 g/mol. The first-order valence-electron chi connectivity index (χ1n) is 6.05. The molecule has 0 aromatic heterocycles. The summed E-state index contributed by atoms with van der Waals surface area (Å²) in [5.74, 6) is 0.823. The van der Waals surface area contributed by atoms with Crippen molar-refractivity contribution in [3.8, 4) is 5.75 Å². The molecule has 0 bridgehead atoms. The summed E-state index contributed by atoms with van der Waals surface area (Å²) in [5.41, 5.74) is 1.84. The Hall–Kier alpha value is -0.476. The standard InChI is InChI=1S/C12H18O3.C2H6.V/c1-9(2)15-12-5-4-10(7-13)6-11(12)8-14-3;1-2;/h4-6,9,13H,7-8H2,1-3H3;1-2H3;. The number of hydrogen-bond acceptors (Lipinski definition) is 3. The molecule has 0 aliphatic heterocycles. The van der Waals surface area contributed by atoms with Gasteiger partial charge in [-0.25, -0.2) is 0 Å². The Morgan fingerprint density at radius 3 is 2.28 bits per heavy atom. The van der Waals surface area contributed by atoms with Gasteiger partial charge in [0.1, 0.15) is 5.75 Å². The van der Waals surface area contributed by atoms with Crippen molar-refractivity contribution < 1.29 is 33.1 Å². The molecular formula is C14H24O3V. The predicted molar refractivity (Wildman–Crippen MR) is 70.2 cm³/mol. The first-order valence-corrected chi connectivity index (χ1v) is 6.05. The molecule has 0 saturated heterocycles. The van der Waals surface area contributed by atoms with E-state index in [9.17, 15) is 0 Å². The summed E-state index contributed by atoms with van der Waals surface area (Å²) in [5, 5.41) is 9.02. The van der Waals surface area contributed by atoms with Crippen molar-refractivity contribution >= 4 is 0 Å². The van der Waals surface area contributed by atoms with Crippen LogP contribution < -0.4 is 4.74 Å². The van der Waals surface area contributed by atoms with Gasteiger partial charge in [0.25, 0.3) is 0 Å². The average Bonchev–Trinajstić information content (AvgIpc) is 2.33. The number of ether oxygens (including phenoxy) is 2. The van der Waals surface area contributed by atoms with E-state index in [0.717, 1.165) is 16.9 Å². The average molecular weight is 291 g/mol. The minimum atomic E-state index is 0. The van der Waals surface area contributed by atoms with Crippen LogP contribution in [0.3, 0.4) is 0 Å². The minimum absolute atomic E-state index is 0. The van der Waals surface area contributed by atoms with Crippen molar-refractivity contribution in [2.24, 2.45) is 0 Å². The molecule has 1 rings (SSSR count). The zero-order chi connectivity index (χ0) is 13.3. The van der Waals surface area contributed by atoms with Crippen molar-refractivity contribution in [1.82, 2.24) is 0 Å². The Morgan fingerprint density at radius 1 is 1.22 bits per heavy atom. The summed E-state index contributed by atoms with van der Waals surface area (Å²) in [7, 11) is 1.64. The number of methoxy groups -OCH3 is 1. The summed E-state index contributed by atoms with van der Waals surface area (Å²) in [4.78, 5) is 0. The van der Waals surface area contributed by atoms with Gasteiger partial charge < -0.3 is 14.6 Å². The largest absolute Gasteiger partial charge is 0.491 e. The molecule has 0 spiro atoms. The van der Waals surface area contributed by atoms with E-state index >= 15 is 0 Å². The van der Waals surface area contributed by atoms with Gasteiger partial charge in [-0.15, -0.1) is 0 Å². The first-order chi connectivity index (χ1) is 8.17. The van der Waals surface area contributed by atoms with Gasteiger partial charge in [-0.05, 0) is 31.5 Å². The van der Waals surface area contributed by atoms with Crippen molar-refractivity contribution in [2.45, 2.75) is 47.0 Å². The second kappa shape index (κ2) is 11.6. The molecule has 0 aliphatic carbocycles. The van der Waals surface area contributed by atoms with Crippen LogP contribution in [-0.4, -0.2) is 18.3 Å². The van der Waals surface area contributed by atoms with Crippen LogP contribution in [0.2, 0.25) is 0 Å². The topological polar surface area (TPSA) is 38.7 Å². The van der Waals surface area contributed by atoms with Gasteiger partial charge >= 0.3 is 0 Å². The van der Waals surface area contributed by atoms with Gasteiger partial charge in [0.15, 0.2) is 0 Å². The molecule has 1 N–H and O–H groups in total. The third kappa shape index (κ3) is 7.07. The maximum Gasteiger partial charge on any atom is 0.125 e. The molecule has 0 unspecified atom stereocenters. The zero-order valence-electron chi connectivity index (χ0n) is 11.9. The fourth-order valence-corrected chi connectivity index (χ4v) is 1.37. The van der Waals surface area contributed by atoms with Crippen molar-refractivity contribution in [1.29, 1.82) is 0 Å². The molecule has 0 amide bonds. The summed E-state index contributed by atoms with van der Waals surface area (Å²) >= 11 is 0. The van der Waals surface area contributed by atoms with Gasteiger partial charge in [0.2, 0.25) is 0 Å². The Kier molecular flexibility index (Phi) is 12.8. The Morgan fingerprint density at radius 2 is 1.83 bits per heavy atom. The number of aliphatic hydroxyl groups excluding tert-OH is 1. The molecule has 0 aliphatic rings. The summed E-state index contributed by atoms with van der Waals surface area (Å²) < 4.78 is 10.7. The van der Waals surface area contributed by atoms with Crippen LogP contribution in [0.25, 0.3) is 0 Å². The van der Waals surface area contributed by atoms with Crippen LogP contribution in [0, 0.1) is 0 Å². The van der Waals surface area contributed by atoms with Crippen LogP contribution in [0.5, 0.6) is 5.75 Å². The van der Waals surface area contributed by atoms with E-state index in [-0.39, 0.29) is 31.3 Å². The Balaban J connectivity index is 0. The van der Waals surface area contributed by atoms with Crippen LogP contribution in [0.1, 0.15) is 38.8 Å². The summed E-state index contributed by atoms with van der Waals surface area (Å²) in [6.07, 6.45) is 0.139. The second-order valence-corrected chi connectivity index (χ2v) is 3.70. The van der Waals surface area contributed by atoms with Gasteiger partial charge in [-0.2, -0.15) is 0 Å². The van der Waals surface area contributed by atoms with Gasteiger partial charge in [-0.1, -0.05) is 19.9 Å². The Labute approximate surface area is 122 Å². The molecule has 3 nitrogen and oxygen atoms in total. The molecule has 103 valence electrons. The number of rotatable bonds is 5. The van der Waals surface area contributed by atoms with Crippen LogP contribution >= 0.6 is 0 Å². The maximum atomic E-state index is 9.02. The van der Waals surface area contributed by atoms with Crippen molar-refractivity contribution in [3.05, 3.63) is 29.3 Å². The molecule has 0 fully saturated rings. The van der Waals surface area contributed by atoms with Crippen LogP contribution in [-0.2, 0) is 36.5 Å². The molecule has 1 aromatic carbocycles. The quantitative estimate of drug-likeness (QED) is 0.906. The van der Waals surface area contributed by atoms with E-state index in [2.05, 4.69) is 0 Å². The molecule has 18 heavy (non-hydrogen) atoms. The zero-order valence-corrected chi connectivity index (χ0v) is 13.3. The predicted octanol–water partition coefficient (Wildman–Crippen LogP) is 3.14. The second-order valence-electron chi connectivity index (χ2n) is 3.70. The minimum Gasteiger partial charge on any atom is -0.491 e. The molecule has 0 heterocycles. The third-order valence-corrected chi connectivity index (χ3v) is 1.97. The number of hydrogen-bond donors (Lipinski definition) is 1. The fourth-order valence-electron chi connectivity index (χ4n) is 1.37. The fraction of sp³-hybridized carbons (Fsp3) is 0.571. The van der Waals surface area contributed by atoms with Crippen LogP contribution in [0.15, 0.2) is 18.2 Å². The molecule has 4 heteroatoms. The number of benzene rings is 1. The normalized spacial score (nSPS) is 9.28. The molecule has 1 radical (unpaired) electrons. The van der Waals surface area contributed by atoms with Gasteiger partial charge in [0, 0.05) is 31.2 Å². The SMILES string of the molecule is CC.COCc1cc(CO)ccc1OC(C)C.[V]. The maximum absolute atomic E-state index is 9.02. The molecule has 1 aromatic rings. The summed E-state index contributed by atoms with van der Waals surface area (Å²) in [6, 6.07) is 5.64. The van der Waals surface area contributed by atoms with Gasteiger partial charge in [0.05, 0.1) is 19.3 Å². The van der Waals surface area contributed by atoms with E-state index in [1.54, 1.807) is 7.11 Å². The Bertz CT molecular complexity index is 314. The smallest absolute Gasteiger partial charge is 0.125 e. The van der Waals surface area contributed by atoms with Gasteiger partial charge in [-0.3, -0.25) is 0 Å². The molecule has 0 atom stereocenters. The van der Waals surface area contributed by atoms with Crippen LogP contribution in [0.4, 0.5) is 0 Å². The third-order valence-electron chi connectivity index (χ3n) is 1.97. The van der Waals surface area contributed by atoms with Crippen molar-refractivity contribution in [2.75, 3.05) is 7.11 Å². The van der Waals surface area contributed by atoms with E-state index in [1.165, 1.54) is 0 Å². The first kappa shape index (κ1) is 19.9. The number of aliphatic hydroxyl groups is 1.